The molecule has 0 bridgehead atoms. The summed E-state index contributed by atoms with van der Waals surface area (Å²) in [7, 11) is 0. The number of carbonyl (C=O) groups is 12. The van der Waals surface area contributed by atoms with Crippen LogP contribution in [0.1, 0.15) is 207 Å². The second-order valence-corrected chi connectivity index (χ2v) is 30.6. The molecule has 12 amide bonds. The Kier molecular flexibility index (Phi) is 48.1. The molecule has 1 aromatic heterocycles. The molecule has 12 atom stereocenters. The summed E-state index contributed by atoms with van der Waals surface area (Å²) in [5, 5.41) is 60.2. The first kappa shape index (κ1) is 101. The van der Waals surface area contributed by atoms with Crippen molar-refractivity contribution in [3.63, 3.8) is 0 Å². The number of unbranched alkanes of at least 4 members (excludes halogenated alkanes) is 12. The number of aromatic nitrogens is 2. The molecule has 0 radical (unpaired) electrons. The van der Waals surface area contributed by atoms with Crippen LogP contribution >= 0.6 is 0 Å². The second kappa shape index (κ2) is 56.2. The lowest BCUT2D eigenvalue weighted by molar-refractivity contribution is -0.137. The molecule has 3 aromatic rings. The summed E-state index contributed by atoms with van der Waals surface area (Å²) in [5.74, 6) is -11.9. The fourth-order valence-corrected chi connectivity index (χ4v) is 12.7. The number of phenolic OH excluding ortho intramolecular Hbond substituents is 1. The molecule has 1 heterocycles. The van der Waals surface area contributed by atoms with Crippen molar-refractivity contribution in [2.24, 2.45) is 66.9 Å². The molecule has 0 saturated carbocycles. The topological polar surface area (TPSA) is 646 Å². The Bertz CT molecular complexity index is 3670. The van der Waals surface area contributed by atoms with E-state index >= 15 is 9.59 Å². The van der Waals surface area contributed by atoms with Gasteiger partial charge in [-0.25, -0.2) is 4.98 Å². The van der Waals surface area contributed by atoms with Gasteiger partial charge in [-0.3, -0.25) is 72.5 Å². The number of nitrogens with two attached hydrogens (primary N) is 7. The zero-order chi connectivity index (χ0) is 87.7. The van der Waals surface area contributed by atoms with E-state index in [-0.39, 0.29) is 144 Å². The number of nitrogens with one attached hydrogen (secondary N) is 12. The van der Waals surface area contributed by atoms with Crippen LogP contribution in [0.25, 0.3) is 0 Å². The second-order valence-electron chi connectivity index (χ2n) is 30.6. The molecule has 118 heavy (non-hydrogen) atoms. The molecular weight excluding hydrogens is 1520 g/mol. The molecule has 0 saturated heterocycles. The molecule has 2 aromatic carbocycles. The first-order chi connectivity index (χ1) is 56.1. The largest absolute Gasteiger partial charge is 0.508 e. The number of guanidine groups is 3. The first-order valence-electron chi connectivity index (χ1n) is 41.0. The molecule has 658 valence electrons. The monoisotopic (exact) mass is 1660 g/mol. The number of phenols is 1. The van der Waals surface area contributed by atoms with Crippen molar-refractivity contribution in [1.82, 2.24) is 68.5 Å². The molecule has 0 fully saturated rings. The average molecular weight is 1660 g/mol. The smallest absolute Gasteiger partial charge is 0.245 e. The van der Waals surface area contributed by atoms with E-state index in [2.05, 4.69) is 90.4 Å². The summed E-state index contributed by atoms with van der Waals surface area (Å²) < 4.78 is 0. The highest BCUT2D eigenvalue weighted by Gasteiger charge is 2.38. The lowest BCUT2D eigenvalue weighted by atomic mass is 10.0. The SMILES string of the molecule is CCCCCCCCCCCCCCCC(=O)NC(CC(C)C)C(=O)NC(C)C(=O)NC(Cc1ccc(O)cc1)C(=O)NC(Cc1ccccc1)C(=O)NC(CCCN=C(N)N)C(=O)NC(CCCN=C(N)N)C(=O)NC(CC(C)C)C(=O)NC(Cc1cnc[nH]1)C(=O)NC(CO)C(=O)NC(C(=O)NC(CCCN=C(N)N)C(N)=O)C(C)O. The van der Waals surface area contributed by atoms with E-state index in [1.807, 2.05) is 13.8 Å². The minimum absolute atomic E-state index is 0.0358. The molecule has 0 spiro atoms. The number of H-pyrrole nitrogens is 1. The highest BCUT2D eigenvalue weighted by Crippen LogP contribution is 2.18. The van der Waals surface area contributed by atoms with E-state index < -0.39 is 144 Å². The third-order valence-electron chi connectivity index (χ3n) is 19.1. The van der Waals surface area contributed by atoms with Gasteiger partial charge in [0.05, 0.1) is 19.0 Å². The summed E-state index contributed by atoms with van der Waals surface area (Å²) in [6.45, 7) is 10.9. The van der Waals surface area contributed by atoms with Crippen LogP contribution < -0.4 is 98.6 Å². The number of nitrogens with zero attached hydrogens (tertiary/aromatic N) is 4. The summed E-state index contributed by atoms with van der Waals surface area (Å²) in [6.07, 6.45) is 15.4. The summed E-state index contributed by atoms with van der Waals surface area (Å²) in [5.41, 5.74) is 40.2. The highest BCUT2D eigenvalue weighted by molar-refractivity contribution is 6.00. The van der Waals surface area contributed by atoms with Crippen molar-refractivity contribution in [2.45, 2.75) is 282 Å². The maximum atomic E-state index is 15.1. The van der Waals surface area contributed by atoms with Gasteiger partial charge in [0, 0.05) is 57.2 Å². The molecule has 0 aliphatic rings. The van der Waals surface area contributed by atoms with Crippen molar-refractivity contribution in [1.29, 1.82) is 0 Å². The Morgan fingerprint density at radius 1 is 0.407 bits per heavy atom. The van der Waals surface area contributed by atoms with E-state index in [0.29, 0.717) is 17.5 Å². The van der Waals surface area contributed by atoms with Crippen LogP contribution in [0.15, 0.2) is 82.1 Å². The van der Waals surface area contributed by atoms with Gasteiger partial charge in [-0.2, -0.15) is 0 Å². The van der Waals surface area contributed by atoms with Crippen LogP contribution in [-0.4, -0.2) is 213 Å². The van der Waals surface area contributed by atoms with Gasteiger partial charge in [0.1, 0.15) is 72.2 Å². The summed E-state index contributed by atoms with van der Waals surface area (Å²) >= 11 is 0. The Morgan fingerprint density at radius 2 is 0.780 bits per heavy atom. The number of carbonyl (C=O) groups excluding carboxylic acids is 12. The third kappa shape index (κ3) is 42.1. The number of aliphatic hydroxyl groups excluding tert-OH is 2. The quantitative estimate of drug-likeness (QED) is 0.0185. The van der Waals surface area contributed by atoms with Gasteiger partial charge in [0.2, 0.25) is 70.9 Å². The van der Waals surface area contributed by atoms with E-state index in [1.54, 1.807) is 44.2 Å². The Hall–Kier alpha value is -11.2. The third-order valence-corrected chi connectivity index (χ3v) is 19.1. The molecule has 3 rings (SSSR count). The standard InChI is InChI=1S/C80H133N23O15/c1-8-9-10-11-12-13-14-15-16-17-18-19-23-32-65(107)94-59(40-48(2)3)71(112)93-50(6)68(109)98-61(43-53-33-35-55(106)36-34-53)74(115)100-62(42-52-27-21-20-22-28-52)73(114)97-57(30-25-38-90-79(84)85)69(110)96-58(31-26-39-91-80(86)87)70(111)99-60(41-49(4)5)72(113)101-63(44-54-45-88-47-92-54)75(116)102-64(46-104)76(117)103-66(51(7)105)77(118)95-56(67(81)108)29-24-37-89-78(82)83/h20-22,27-28,33-36,45,47-51,56-64,66,104-106H,8-19,23-26,29-32,37-44,46H2,1-7H3,(H2,81,108)(H,88,92)(H,93,112)(H,94,107)(H,95,118)(H,96,110)(H,97,114)(H,98,109)(H,99,111)(H,100,115)(H,101,113)(H,102,116)(H,103,117)(H4,82,83,89)(H4,84,85,90)(H4,86,87,91). The predicted octanol–water partition coefficient (Wildman–Crippen LogP) is -0.911. The number of benzene rings is 2. The fraction of sp³-hybridized carbons (Fsp3) is 0.625. The molecular formula is C80H133N23O15. The number of hydrogen-bond donors (Lipinski definition) is 22. The van der Waals surface area contributed by atoms with Crippen LogP contribution in [0, 0.1) is 11.8 Å². The van der Waals surface area contributed by atoms with Crippen molar-refractivity contribution in [2.75, 3.05) is 26.2 Å². The van der Waals surface area contributed by atoms with Gasteiger partial charge in [-0.1, -0.05) is 154 Å². The number of aromatic hydroxyl groups is 1. The Balaban J connectivity index is 1.97. The lowest BCUT2D eigenvalue weighted by Gasteiger charge is -2.29. The van der Waals surface area contributed by atoms with E-state index in [4.69, 9.17) is 40.1 Å². The van der Waals surface area contributed by atoms with Crippen molar-refractivity contribution < 1.29 is 72.9 Å². The average Bonchev–Trinajstić information content (AvgIpc) is 0.903. The zero-order valence-electron chi connectivity index (χ0n) is 69.5. The molecule has 12 unspecified atom stereocenters. The number of aliphatic hydroxyl groups is 2. The van der Waals surface area contributed by atoms with Gasteiger partial charge in [-0.05, 0) is 107 Å². The van der Waals surface area contributed by atoms with Gasteiger partial charge >= 0.3 is 0 Å². The van der Waals surface area contributed by atoms with Crippen molar-refractivity contribution in [3.8, 4) is 5.75 Å². The zero-order valence-corrected chi connectivity index (χ0v) is 69.5. The highest BCUT2D eigenvalue weighted by atomic mass is 16.3. The van der Waals surface area contributed by atoms with E-state index in [0.717, 1.165) is 32.6 Å². The number of amides is 12. The van der Waals surface area contributed by atoms with Crippen LogP contribution in [0.5, 0.6) is 5.75 Å². The molecule has 0 aliphatic carbocycles. The minimum Gasteiger partial charge on any atom is -0.508 e. The number of aromatic amines is 1. The van der Waals surface area contributed by atoms with Crippen LogP contribution in [-0.2, 0) is 76.8 Å². The number of aliphatic imine (C=N–C) groups is 3. The maximum Gasteiger partial charge on any atom is 0.245 e. The minimum atomic E-state index is -1.84. The van der Waals surface area contributed by atoms with Gasteiger partial charge in [0.25, 0.3) is 0 Å². The molecule has 38 heteroatoms. The fourth-order valence-electron chi connectivity index (χ4n) is 12.7. The molecule has 0 aliphatic heterocycles. The number of imidazole rings is 1. The summed E-state index contributed by atoms with van der Waals surface area (Å²) in [4.78, 5) is 189. The van der Waals surface area contributed by atoms with Gasteiger partial charge in [0.15, 0.2) is 17.9 Å². The lowest BCUT2D eigenvalue weighted by Crippen LogP contribution is -2.62. The van der Waals surface area contributed by atoms with Crippen LogP contribution in [0.4, 0.5) is 0 Å². The maximum absolute atomic E-state index is 15.1. The molecule has 38 nitrogen and oxygen atoms in total. The van der Waals surface area contributed by atoms with Gasteiger partial charge in [-0.15, -0.1) is 0 Å². The Morgan fingerprint density at radius 3 is 1.21 bits per heavy atom. The number of primary amides is 1. The van der Waals surface area contributed by atoms with Crippen molar-refractivity contribution >= 4 is 88.8 Å². The Labute approximate surface area is 691 Å². The van der Waals surface area contributed by atoms with Crippen LogP contribution in [0.3, 0.4) is 0 Å². The first-order valence-corrected chi connectivity index (χ1v) is 41.0. The van der Waals surface area contributed by atoms with E-state index in [1.165, 1.54) is 95.1 Å². The van der Waals surface area contributed by atoms with Crippen molar-refractivity contribution in [3.05, 3.63) is 83.9 Å². The number of hydrogen-bond acceptors (Lipinski definition) is 19. The summed E-state index contributed by atoms with van der Waals surface area (Å²) in [6, 6.07) is -1.97. The predicted molar refractivity (Wildman–Crippen MR) is 448 cm³/mol. The number of rotatable bonds is 60. The molecule has 29 N–H and O–H groups in total. The normalized spacial score (nSPS) is 14.2. The van der Waals surface area contributed by atoms with E-state index in [9.17, 15) is 63.3 Å². The van der Waals surface area contributed by atoms with Gasteiger partial charge < -0.3 is 119 Å². The van der Waals surface area contributed by atoms with Crippen LogP contribution in [0.2, 0.25) is 0 Å².